The molecule has 1 aromatic heterocycles. The van der Waals surface area contributed by atoms with Crippen molar-refractivity contribution in [3.05, 3.63) is 77.0 Å². The van der Waals surface area contributed by atoms with E-state index in [2.05, 4.69) is 31.2 Å². The van der Waals surface area contributed by atoms with E-state index in [4.69, 9.17) is 4.74 Å². The second kappa shape index (κ2) is 16.4. The number of amides is 2. The molecule has 2 amide bonds. The zero-order chi connectivity index (χ0) is 37.5. The van der Waals surface area contributed by atoms with Crippen molar-refractivity contribution in [3.8, 4) is 0 Å². The lowest BCUT2D eigenvalue weighted by Gasteiger charge is -2.23. The first kappa shape index (κ1) is 38.2. The molecule has 5 N–H and O–H groups in total. The highest BCUT2D eigenvalue weighted by molar-refractivity contribution is 5.97. The Bertz CT molecular complexity index is 1920. The normalized spacial score (nSPS) is 11.3. The van der Waals surface area contributed by atoms with Gasteiger partial charge in [-0.3, -0.25) is 4.79 Å². The van der Waals surface area contributed by atoms with Gasteiger partial charge in [0.05, 0.1) is 28.1 Å². The Labute approximate surface area is 295 Å². The van der Waals surface area contributed by atoms with Crippen molar-refractivity contribution in [2.24, 2.45) is 0 Å². The van der Waals surface area contributed by atoms with Crippen LogP contribution < -0.4 is 26.2 Å². The van der Waals surface area contributed by atoms with E-state index in [9.17, 15) is 23.9 Å². The summed E-state index contributed by atoms with van der Waals surface area (Å²) in [7, 11) is 7.12. The quantitative estimate of drug-likeness (QED) is 0.0993. The van der Waals surface area contributed by atoms with Crippen LogP contribution in [0.1, 0.15) is 53.5 Å². The predicted octanol–water partition coefficient (Wildman–Crippen LogP) is 5.91. The lowest BCUT2D eigenvalue weighted by atomic mass is 10.0. The molecule has 0 aliphatic rings. The minimum atomic E-state index is -1.10. The highest BCUT2D eigenvalue weighted by Crippen LogP contribution is 2.32. The number of carboxylic acid groups (broad SMARTS) is 1. The number of aromatic nitrogens is 2. The molecule has 0 bridgehead atoms. The molecule has 3 aromatic carbocycles. The van der Waals surface area contributed by atoms with Crippen LogP contribution in [0.3, 0.4) is 0 Å². The van der Waals surface area contributed by atoms with Crippen molar-refractivity contribution in [2.45, 2.75) is 39.2 Å². The molecule has 0 aliphatic heterocycles. The molecule has 51 heavy (non-hydrogen) atoms. The third-order valence-corrected chi connectivity index (χ3v) is 7.64. The summed E-state index contributed by atoms with van der Waals surface area (Å²) in [4.78, 5) is 49.4. The minimum Gasteiger partial charge on any atom is -0.478 e. The summed E-state index contributed by atoms with van der Waals surface area (Å²) in [6, 6.07) is 9.89. The van der Waals surface area contributed by atoms with Gasteiger partial charge in [-0.05, 0) is 95.7 Å². The monoisotopic (exact) mass is 706 g/mol. The van der Waals surface area contributed by atoms with Gasteiger partial charge in [-0.25, -0.2) is 28.3 Å². The lowest BCUT2D eigenvalue weighted by molar-refractivity contribution is 0.0526. The summed E-state index contributed by atoms with van der Waals surface area (Å²) in [5.41, 5.74) is 1.22. The van der Waals surface area contributed by atoms with E-state index >= 15 is 4.39 Å². The maximum absolute atomic E-state index is 15.7. The Morgan fingerprint density at radius 3 is 2.39 bits per heavy atom. The number of carbonyl (C=O) groups excluding carboxylic acids is 2. The first-order valence-corrected chi connectivity index (χ1v) is 16.3. The van der Waals surface area contributed by atoms with Crippen molar-refractivity contribution < 1.29 is 33.0 Å². The fourth-order valence-corrected chi connectivity index (χ4v) is 5.18. The van der Waals surface area contributed by atoms with Gasteiger partial charge < -0.3 is 40.9 Å². The van der Waals surface area contributed by atoms with E-state index in [1.807, 2.05) is 30.9 Å². The number of carbonyl (C=O) groups is 3. The number of alkyl carbamates (subject to hydrolysis) is 1. The summed E-state index contributed by atoms with van der Waals surface area (Å²) in [5.74, 6) is -2.89. The first-order chi connectivity index (χ1) is 24.0. The Kier molecular flexibility index (Phi) is 12.3. The number of fused-ring (bicyclic) bond motifs is 1. The third kappa shape index (κ3) is 10.5. The number of ether oxygens (including phenoxy) is 1. The van der Waals surface area contributed by atoms with E-state index in [1.165, 1.54) is 37.5 Å². The van der Waals surface area contributed by atoms with Crippen molar-refractivity contribution in [1.29, 1.82) is 0 Å². The van der Waals surface area contributed by atoms with Gasteiger partial charge in [0.2, 0.25) is 5.95 Å². The van der Waals surface area contributed by atoms with Gasteiger partial charge in [-0.1, -0.05) is 0 Å². The fraction of sp³-hybridized carbons (Fsp3) is 0.361. The molecule has 15 heteroatoms. The average Bonchev–Trinajstić information content (AvgIpc) is 3.05. The number of nitrogens with one attached hydrogen (secondary N) is 4. The maximum atomic E-state index is 15.7. The maximum Gasteiger partial charge on any atom is 0.407 e. The Morgan fingerprint density at radius 1 is 0.980 bits per heavy atom. The molecule has 4 rings (SSSR count). The van der Waals surface area contributed by atoms with Gasteiger partial charge in [0.1, 0.15) is 17.2 Å². The Balaban J connectivity index is 1.64. The van der Waals surface area contributed by atoms with E-state index in [0.29, 0.717) is 35.3 Å². The van der Waals surface area contributed by atoms with Gasteiger partial charge in [0.15, 0.2) is 0 Å². The van der Waals surface area contributed by atoms with E-state index in [1.54, 1.807) is 32.9 Å². The smallest absolute Gasteiger partial charge is 0.407 e. The third-order valence-electron chi connectivity index (χ3n) is 7.64. The Hall–Kier alpha value is -5.57. The standard InChI is InChI=1S/C36H44F2N8O5/c1-36(2,3)51-35(50)40-12-8-9-21-15-22(32(47)39-4)17-27(38)30(21)43-28-18-24(37)16-23-20-41-34(44-31(23)28)42-25-10-11-29(26(19-25)33(48)49)46(7)14-13-45(5)6/h10-11,15-20,43H,8-9,12-14H2,1-7H3,(H,39,47)(H,40,50)(H,48,49)(H,41,42,44). The number of benzene rings is 3. The SMILES string of the molecule is CNC(=O)c1cc(F)c(Nc2cc(F)cc3cnc(Nc4ccc(N(C)CCN(C)C)c(C(=O)O)c4)nc23)c(CCCNC(=O)OC(C)(C)C)c1. The molecule has 0 radical (unpaired) electrons. The summed E-state index contributed by atoms with van der Waals surface area (Å²) in [6.07, 6.45) is 1.41. The summed E-state index contributed by atoms with van der Waals surface area (Å²) in [6.45, 7) is 6.79. The molecule has 1 heterocycles. The van der Waals surface area contributed by atoms with Crippen LogP contribution >= 0.6 is 0 Å². The van der Waals surface area contributed by atoms with Crippen molar-refractivity contribution in [1.82, 2.24) is 25.5 Å². The zero-order valence-electron chi connectivity index (χ0n) is 29.8. The molecule has 0 saturated heterocycles. The molecule has 0 aliphatic carbocycles. The van der Waals surface area contributed by atoms with Crippen LogP contribution in [0, 0.1) is 11.6 Å². The van der Waals surface area contributed by atoms with Gasteiger partial charge in [0, 0.05) is 56.6 Å². The number of aryl methyl sites for hydroxylation is 1. The molecule has 13 nitrogen and oxygen atoms in total. The summed E-state index contributed by atoms with van der Waals surface area (Å²) in [5, 5.41) is 21.4. The summed E-state index contributed by atoms with van der Waals surface area (Å²) < 4.78 is 35.9. The van der Waals surface area contributed by atoms with E-state index < -0.39 is 35.2 Å². The van der Waals surface area contributed by atoms with Gasteiger partial charge >= 0.3 is 12.1 Å². The number of nitrogens with zero attached hydrogens (tertiary/aromatic N) is 4. The van der Waals surface area contributed by atoms with Crippen LogP contribution in [-0.4, -0.2) is 91.4 Å². The highest BCUT2D eigenvalue weighted by atomic mass is 19.1. The number of halogens is 2. The lowest BCUT2D eigenvalue weighted by Crippen LogP contribution is -2.33. The van der Waals surface area contributed by atoms with Gasteiger partial charge in [-0.15, -0.1) is 0 Å². The molecule has 0 spiro atoms. The van der Waals surface area contributed by atoms with Crippen LogP contribution in [0.2, 0.25) is 0 Å². The molecule has 4 aromatic rings. The van der Waals surface area contributed by atoms with Gasteiger partial charge in [0.25, 0.3) is 5.91 Å². The van der Waals surface area contributed by atoms with Crippen molar-refractivity contribution in [3.63, 3.8) is 0 Å². The van der Waals surface area contributed by atoms with Crippen LogP contribution in [0.4, 0.5) is 42.3 Å². The molecule has 0 unspecified atom stereocenters. The molecule has 272 valence electrons. The number of rotatable bonds is 14. The van der Waals surface area contributed by atoms with E-state index in [0.717, 1.165) is 12.6 Å². The zero-order valence-corrected chi connectivity index (χ0v) is 29.8. The van der Waals surface area contributed by atoms with Crippen molar-refractivity contribution in [2.75, 3.05) is 63.4 Å². The number of hydrogen-bond acceptors (Lipinski definition) is 10. The Morgan fingerprint density at radius 2 is 1.73 bits per heavy atom. The first-order valence-electron chi connectivity index (χ1n) is 16.3. The minimum absolute atomic E-state index is 0.0000166. The average molecular weight is 707 g/mol. The molecule has 0 saturated carbocycles. The number of carboxylic acids is 1. The topological polar surface area (TPSA) is 161 Å². The van der Waals surface area contributed by atoms with Crippen molar-refractivity contribution >= 4 is 57.6 Å². The largest absolute Gasteiger partial charge is 0.478 e. The number of likely N-dealkylation sites (N-methyl/N-ethyl adjacent to an activating group) is 2. The number of anilines is 5. The second-order valence-electron chi connectivity index (χ2n) is 13.2. The molecular formula is C36H44F2N8O5. The van der Waals surface area contributed by atoms with Crippen LogP contribution in [0.15, 0.2) is 48.7 Å². The number of aromatic carboxylic acids is 1. The molecule has 0 atom stereocenters. The van der Waals surface area contributed by atoms with Crippen LogP contribution in [-0.2, 0) is 11.2 Å². The molecular weight excluding hydrogens is 662 g/mol. The van der Waals surface area contributed by atoms with Gasteiger partial charge in [-0.2, -0.15) is 0 Å². The van der Waals surface area contributed by atoms with E-state index in [-0.39, 0.29) is 46.9 Å². The fourth-order valence-electron chi connectivity index (χ4n) is 5.18. The van der Waals surface area contributed by atoms with Crippen LogP contribution in [0.5, 0.6) is 0 Å². The second-order valence-corrected chi connectivity index (χ2v) is 13.2. The summed E-state index contributed by atoms with van der Waals surface area (Å²) >= 11 is 0. The highest BCUT2D eigenvalue weighted by Gasteiger charge is 2.20. The number of hydrogen-bond donors (Lipinski definition) is 5. The van der Waals surface area contributed by atoms with Crippen LogP contribution in [0.25, 0.3) is 10.9 Å². The predicted molar refractivity (Wildman–Crippen MR) is 194 cm³/mol. The molecule has 0 fully saturated rings.